The summed E-state index contributed by atoms with van der Waals surface area (Å²) in [6, 6.07) is 20.0. The molecule has 0 saturated heterocycles. The number of hydrogen-bond donors (Lipinski definition) is 2. The molecule has 0 aliphatic heterocycles. The third-order valence-corrected chi connectivity index (χ3v) is 7.01. The summed E-state index contributed by atoms with van der Waals surface area (Å²) >= 11 is 0. The van der Waals surface area contributed by atoms with Gasteiger partial charge in [-0.3, -0.25) is 9.59 Å². The number of hydrogen-bond acceptors (Lipinski definition) is 2. The lowest BCUT2D eigenvalue weighted by Crippen LogP contribution is -2.42. The van der Waals surface area contributed by atoms with Gasteiger partial charge in [-0.1, -0.05) is 99.2 Å². The number of amides is 2. The maximum absolute atomic E-state index is 11.7. The van der Waals surface area contributed by atoms with Crippen molar-refractivity contribution in [3.8, 4) is 0 Å². The van der Waals surface area contributed by atoms with E-state index in [1.54, 1.807) is 0 Å². The molecule has 2 aromatic rings. The highest BCUT2D eigenvalue weighted by Crippen LogP contribution is 2.40. The zero-order valence-corrected chi connectivity index (χ0v) is 17.8. The summed E-state index contributed by atoms with van der Waals surface area (Å²) in [6.07, 6.45) is 10.5. The van der Waals surface area contributed by atoms with Gasteiger partial charge < -0.3 is 11.5 Å². The molecular weight excluding hydrogens is 372 g/mol. The van der Waals surface area contributed by atoms with Crippen LogP contribution in [0.3, 0.4) is 0 Å². The van der Waals surface area contributed by atoms with Crippen molar-refractivity contribution in [1.29, 1.82) is 0 Å². The first kappa shape index (κ1) is 22.1. The van der Waals surface area contributed by atoms with Gasteiger partial charge >= 0.3 is 0 Å². The molecule has 4 nitrogen and oxygen atoms in total. The minimum Gasteiger partial charge on any atom is -0.369 e. The maximum Gasteiger partial charge on any atom is 0.228 e. The minimum absolute atomic E-state index is 0.159. The summed E-state index contributed by atoms with van der Waals surface area (Å²) < 4.78 is 0. The van der Waals surface area contributed by atoms with Crippen LogP contribution in [0.1, 0.15) is 75.3 Å². The molecule has 0 spiro atoms. The Bertz CT molecular complexity index is 749. The predicted octanol–water partition coefficient (Wildman–Crippen LogP) is 4.75. The summed E-state index contributed by atoms with van der Waals surface area (Å²) in [6.45, 7) is 0. The van der Waals surface area contributed by atoms with Crippen LogP contribution in [0.2, 0.25) is 0 Å². The largest absolute Gasteiger partial charge is 0.369 e. The second-order valence-electron chi connectivity index (χ2n) is 8.75. The van der Waals surface area contributed by atoms with Gasteiger partial charge in [-0.15, -0.1) is 0 Å². The quantitative estimate of drug-likeness (QED) is 0.768. The molecule has 2 aliphatic carbocycles. The van der Waals surface area contributed by atoms with Crippen LogP contribution in [0.25, 0.3) is 0 Å². The zero-order chi connectivity index (χ0) is 21.5. The van der Waals surface area contributed by atoms with Gasteiger partial charge in [0, 0.05) is 0 Å². The number of nitrogens with two attached hydrogens (primary N) is 2. The highest BCUT2D eigenvalue weighted by Gasteiger charge is 2.40. The first-order valence-electron chi connectivity index (χ1n) is 11.2. The van der Waals surface area contributed by atoms with Crippen LogP contribution in [0.5, 0.6) is 0 Å². The van der Waals surface area contributed by atoms with E-state index in [2.05, 4.69) is 0 Å². The topological polar surface area (TPSA) is 86.2 Å². The second-order valence-corrected chi connectivity index (χ2v) is 8.75. The molecule has 2 aliphatic rings. The van der Waals surface area contributed by atoms with E-state index in [0.29, 0.717) is 0 Å². The van der Waals surface area contributed by atoms with E-state index in [-0.39, 0.29) is 22.6 Å². The van der Waals surface area contributed by atoms with Gasteiger partial charge in [0.1, 0.15) is 0 Å². The lowest BCUT2D eigenvalue weighted by molar-refractivity contribution is -0.125. The molecule has 4 heteroatoms. The van der Waals surface area contributed by atoms with Crippen molar-refractivity contribution in [2.45, 2.75) is 75.0 Å². The molecule has 30 heavy (non-hydrogen) atoms. The molecule has 2 fully saturated rings. The first-order chi connectivity index (χ1) is 14.5. The van der Waals surface area contributed by atoms with Crippen LogP contribution in [-0.2, 0) is 20.4 Å². The van der Waals surface area contributed by atoms with Crippen molar-refractivity contribution in [3.63, 3.8) is 0 Å². The van der Waals surface area contributed by atoms with Gasteiger partial charge in [-0.05, 0) is 36.8 Å². The van der Waals surface area contributed by atoms with E-state index in [1.165, 1.54) is 12.8 Å². The molecule has 0 unspecified atom stereocenters. The summed E-state index contributed by atoms with van der Waals surface area (Å²) in [5, 5.41) is 0. The summed E-state index contributed by atoms with van der Waals surface area (Å²) in [7, 11) is 0. The smallest absolute Gasteiger partial charge is 0.228 e. The average molecular weight is 407 g/mol. The van der Waals surface area contributed by atoms with Gasteiger partial charge in [-0.25, -0.2) is 0 Å². The Morgan fingerprint density at radius 2 is 0.833 bits per heavy atom. The molecule has 0 atom stereocenters. The van der Waals surface area contributed by atoms with Crippen molar-refractivity contribution in [1.82, 2.24) is 0 Å². The zero-order valence-electron chi connectivity index (χ0n) is 17.8. The van der Waals surface area contributed by atoms with E-state index >= 15 is 0 Å². The fourth-order valence-electron chi connectivity index (χ4n) is 5.18. The molecule has 160 valence electrons. The highest BCUT2D eigenvalue weighted by molar-refractivity contribution is 5.87. The molecule has 0 bridgehead atoms. The van der Waals surface area contributed by atoms with Crippen LogP contribution < -0.4 is 11.5 Å². The number of benzene rings is 2. The Morgan fingerprint density at radius 1 is 0.533 bits per heavy atom. The minimum atomic E-state index is -0.389. The Hall–Kier alpha value is -2.62. The normalized spacial score (nSPS) is 19.7. The summed E-state index contributed by atoms with van der Waals surface area (Å²) in [5.74, 6) is -0.318. The van der Waals surface area contributed by atoms with E-state index in [1.807, 2.05) is 60.7 Å². The lowest BCUT2D eigenvalue weighted by Gasteiger charge is -2.34. The molecule has 0 aromatic heterocycles. The van der Waals surface area contributed by atoms with Gasteiger partial charge in [-0.2, -0.15) is 0 Å². The molecule has 2 amide bonds. The van der Waals surface area contributed by atoms with E-state index in [9.17, 15) is 9.59 Å². The number of carbonyl (C=O) groups is 2. The van der Waals surface area contributed by atoms with Crippen LogP contribution in [0.15, 0.2) is 60.7 Å². The molecule has 0 radical (unpaired) electrons. The standard InChI is InChI=1S/2C13H17NO/c2*14-12(15)13(9-5-2-6-10-13)11-7-3-1-4-8-11/h2*1,3-4,7-8H,2,5-6,9-10H2,(H2,14,15). The Kier molecular flexibility index (Phi) is 7.30. The third kappa shape index (κ3) is 4.58. The molecular formula is C26H34N2O2. The summed E-state index contributed by atoms with van der Waals surface area (Å²) in [5.41, 5.74) is 12.6. The van der Waals surface area contributed by atoms with Crippen molar-refractivity contribution in [3.05, 3.63) is 71.8 Å². The molecule has 2 aromatic carbocycles. The molecule has 4 rings (SSSR count). The maximum atomic E-state index is 11.7. The first-order valence-corrected chi connectivity index (χ1v) is 11.2. The SMILES string of the molecule is NC(=O)C1(c2ccccc2)CCCCC1.NC(=O)C1(c2ccccc2)CCCCC1. The van der Waals surface area contributed by atoms with Gasteiger partial charge in [0.05, 0.1) is 10.8 Å². The van der Waals surface area contributed by atoms with Crippen LogP contribution in [-0.4, -0.2) is 11.8 Å². The van der Waals surface area contributed by atoms with Crippen LogP contribution in [0.4, 0.5) is 0 Å². The van der Waals surface area contributed by atoms with Crippen LogP contribution >= 0.6 is 0 Å². The van der Waals surface area contributed by atoms with Crippen molar-refractivity contribution in [2.75, 3.05) is 0 Å². The third-order valence-electron chi connectivity index (χ3n) is 7.01. The highest BCUT2D eigenvalue weighted by atomic mass is 16.1. The van der Waals surface area contributed by atoms with Crippen LogP contribution in [0, 0.1) is 0 Å². The second kappa shape index (κ2) is 9.92. The fraction of sp³-hybridized carbons (Fsp3) is 0.462. The predicted molar refractivity (Wildman–Crippen MR) is 121 cm³/mol. The Balaban J connectivity index is 0.000000171. The van der Waals surface area contributed by atoms with Gasteiger partial charge in [0.25, 0.3) is 0 Å². The fourth-order valence-corrected chi connectivity index (χ4v) is 5.18. The van der Waals surface area contributed by atoms with Crippen molar-refractivity contribution < 1.29 is 9.59 Å². The van der Waals surface area contributed by atoms with Gasteiger partial charge in [0.15, 0.2) is 0 Å². The van der Waals surface area contributed by atoms with E-state index < -0.39 is 0 Å². The lowest BCUT2D eigenvalue weighted by atomic mass is 9.69. The van der Waals surface area contributed by atoms with Crippen molar-refractivity contribution in [2.24, 2.45) is 11.5 Å². The Labute approximate surface area is 180 Å². The average Bonchev–Trinajstić information content (AvgIpc) is 2.81. The van der Waals surface area contributed by atoms with Gasteiger partial charge in [0.2, 0.25) is 11.8 Å². The van der Waals surface area contributed by atoms with E-state index in [4.69, 9.17) is 11.5 Å². The number of rotatable bonds is 4. The summed E-state index contributed by atoms with van der Waals surface area (Å²) in [4.78, 5) is 23.4. The molecule has 2 saturated carbocycles. The van der Waals surface area contributed by atoms with E-state index in [0.717, 1.165) is 62.5 Å². The molecule has 0 heterocycles. The number of carbonyl (C=O) groups excluding carboxylic acids is 2. The van der Waals surface area contributed by atoms with Crippen molar-refractivity contribution >= 4 is 11.8 Å². The number of primary amides is 2. The Morgan fingerprint density at radius 3 is 1.10 bits per heavy atom. The monoisotopic (exact) mass is 406 g/mol. The molecule has 4 N–H and O–H groups in total.